The topological polar surface area (TPSA) is 46.5 Å². The van der Waals surface area contributed by atoms with Crippen LogP contribution in [0.3, 0.4) is 0 Å². The molecule has 1 heterocycles. The molecule has 0 aromatic heterocycles. The fourth-order valence-electron chi connectivity index (χ4n) is 0.954. The maximum Gasteiger partial charge on any atom is 0.332 e. The quantitative estimate of drug-likeness (QED) is 0.562. The molecule has 9 heavy (non-hydrogen) atoms. The summed E-state index contributed by atoms with van der Waals surface area (Å²) in [5, 5.41) is 8.41. The van der Waals surface area contributed by atoms with E-state index in [4.69, 9.17) is 9.84 Å². The molecule has 1 aliphatic heterocycles. The molecule has 1 fully saturated rings. The molecular formula is C6H10O3. The first kappa shape index (κ1) is 6.55. The normalized spacial score (nSPS) is 34.8. The van der Waals surface area contributed by atoms with E-state index in [1.807, 2.05) is 6.92 Å². The predicted molar refractivity (Wildman–Crippen MR) is 31.2 cm³/mol. The molecule has 0 spiro atoms. The molecule has 0 aromatic rings. The largest absolute Gasteiger partial charge is 0.479 e. The monoisotopic (exact) mass is 130 g/mol. The second-order valence-electron chi connectivity index (χ2n) is 2.50. The van der Waals surface area contributed by atoms with E-state index in [9.17, 15) is 4.79 Å². The molecule has 3 heteroatoms. The van der Waals surface area contributed by atoms with E-state index in [0.717, 1.165) is 0 Å². The average molecular weight is 130 g/mol. The molecule has 0 radical (unpaired) electrons. The van der Waals surface area contributed by atoms with Gasteiger partial charge in [-0.05, 0) is 12.3 Å². The van der Waals surface area contributed by atoms with Crippen molar-refractivity contribution in [2.45, 2.75) is 19.4 Å². The first-order valence-corrected chi connectivity index (χ1v) is 3.04. The van der Waals surface area contributed by atoms with Gasteiger partial charge in [0.25, 0.3) is 0 Å². The lowest BCUT2D eigenvalue weighted by molar-refractivity contribution is -0.147. The van der Waals surface area contributed by atoms with Crippen LogP contribution >= 0.6 is 0 Å². The van der Waals surface area contributed by atoms with Crippen LogP contribution < -0.4 is 0 Å². The summed E-state index contributed by atoms with van der Waals surface area (Å²) in [6.45, 7) is 2.58. The van der Waals surface area contributed by atoms with Crippen molar-refractivity contribution in [3.63, 3.8) is 0 Å². The van der Waals surface area contributed by atoms with Crippen molar-refractivity contribution in [1.82, 2.24) is 0 Å². The number of carbonyl (C=O) groups is 1. The minimum Gasteiger partial charge on any atom is -0.479 e. The van der Waals surface area contributed by atoms with Crippen molar-refractivity contribution in [1.29, 1.82) is 0 Å². The summed E-state index contributed by atoms with van der Waals surface area (Å²) in [6.07, 6.45) is 0.120. The van der Waals surface area contributed by atoms with E-state index >= 15 is 0 Å². The zero-order chi connectivity index (χ0) is 6.85. The van der Waals surface area contributed by atoms with E-state index < -0.39 is 12.1 Å². The third-order valence-corrected chi connectivity index (χ3v) is 1.47. The van der Waals surface area contributed by atoms with Gasteiger partial charge in [-0.3, -0.25) is 0 Å². The first-order valence-electron chi connectivity index (χ1n) is 3.04. The summed E-state index contributed by atoms with van der Waals surface area (Å²) < 4.78 is 4.93. The maximum absolute atomic E-state index is 10.2. The SMILES string of the molecule is CC1COC(C(=O)O)C1. The van der Waals surface area contributed by atoms with Gasteiger partial charge in [-0.1, -0.05) is 6.92 Å². The van der Waals surface area contributed by atoms with E-state index in [0.29, 0.717) is 18.9 Å². The Bertz CT molecular complexity index is 121. The average Bonchev–Trinajstić information content (AvgIpc) is 2.14. The number of carboxylic acids is 1. The van der Waals surface area contributed by atoms with Gasteiger partial charge in [-0.2, -0.15) is 0 Å². The van der Waals surface area contributed by atoms with Crippen LogP contribution in [0.2, 0.25) is 0 Å². The Morgan fingerprint density at radius 2 is 2.44 bits per heavy atom. The van der Waals surface area contributed by atoms with Crippen LogP contribution in [0.5, 0.6) is 0 Å². The second-order valence-corrected chi connectivity index (χ2v) is 2.50. The van der Waals surface area contributed by atoms with E-state index in [-0.39, 0.29) is 0 Å². The summed E-state index contributed by atoms with van der Waals surface area (Å²) in [7, 11) is 0. The highest BCUT2D eigenvalue weighted by atomic mass is 16.5. The molecule has 0 aliphatic carbocycles. The van der Waals surface area contributed by atoms with Gasteiger partial charge in [0.2, 0.25) is 0 Å². The standard InChI is InChI=1S/C6H10O3/c1-4-2-5(6(7)8)9-3-4/h4-5H,2-3H2,1H3,(H,7,8). The van der Waals surface area contributed by atoms with Gasteiger partial charge in [-0.15, -0.1) is 0 Å². The molecule has 2 unspecified atom stereocenters. The summed E-state index contributed by atoms with van der Waals surface area (Å²) in [5.74, 6) is -0.426. The number of hydrogen-bond donors (Lipinski definition) is 1. The number of ether oxygens (including phenoxy) is 1. The lowest BCUT2D eigenvalue weighted by Crippen LogP contribution is -2.17. The van der Waals surface area contributed by atoms with Gasteiger partial charge in [0, 0.05) is 0 Å². The van der Waals surface area contributed by atoms with Crippen LogP contribution in [0.1, 0.15) is 13.3 Å². The number of aliphatic carboxylic acids is 1. The lowest BCUT2D eigenvalue weighted by atomic mass is 10.1. The van der Waals surface area contributed by atoms with Crippen molar-refractivity contribution >= 4 is 5.97 Å². The third kappa shape index (κ3) is 1.42. The molecule has 1 saturated heterocycles. The van der Waals surface area contributed by atoms with Gasteiger partial charge in [0.05, 0.1) is 6.61 Å². The molecule has 1 aliphatic rings. The fraction of sp³-hybridized carbons (Fsp3) is 0.833. The highest BCUT2D eigenvalue weighted by molar-refractivity contribution is 5.72. The zero-order valence-electron chi connectivity index (χ0n) is 5.33. The molecule has 0 aromatic carbocycles. The maximum atomic E-state index is 10.2. The van der Waals surface area contributed by atoms with Crippen LogP contribution in [-0.4, -0.2) is 23.8 Å². The Morgan fingerprint density at radius 3 is 2.67 bits per heavy atom. The summed E-state index contributed by atoms with van der Waals surface area (Å²) in [5.41, 5.74) is 0. The summed E-state index contributed by atoms with van der Waals surface area (Å²) in [6, 6.07) is 0. The van der Waals surface area contributed by atoms with Crippen molar-refractivity contribution in [3.05, 3.63) is 0 Å². The number of rotatable bonds is 1. The van der Waals surface area contributed by atoms with Crippen molar-refractivity contribution in [3.8, 4) is 0 Å². The first-order chi connectivity index (χ1) is 4.20. The molecule has 0 amide bonds. The Balaban J connectivity index is 2.39. The zero-order valence-corrected chi connectivity index (χ0v) is 5.33. The Kier molecular flexibility index (Phi) is 1.71. The minimum atomic E-state index is -0.834. The summed E-state index contributed by atoms with van der Waals surface area (Å²) in [4.78, 5) is 10.2. The van der Waals surface area contributed by atoms with E-state index in [1.54, 1.807) is 0 Å². The lowest BCUT2D eigenvalue weighted by Gasteiger charge is -1.99. The van der Waals surface area contributed by atoms with Gasteiger partial charge in [0.15, 0.2) is 6.10 Å². The highest BCUT2D eigenvalue weighted by Crippen LogP contribution is 2.18. The van der Waals surface area contributed by atoms with Crippen LogP contribution in [0.15, 0.2) is 0 Å². The van der Waals surface area contributed by atoms with Gasteiger partial charge in [-0.25, -0.2) is 4.79 Å². The fourth-order valence-corrected chi connectivity index (χ4v) is 0.954. The molecule has 0 bridgehead atoms. The molecule has 52 valence electrons. The number of hydrogen-bond acceptors (Lipinski definition) is 2. The van der Waals surface area contributed by atoms with Gasteiger partial charge >= 0.3 is 5.97 Å². The van der Waals surface area contributed by atoms with E-state index in [1.165, 1.54) is 0 Å². The Labute approximate surface area is 53.6 Å². The Morgan fingerprint density at radius 1 is 1.78 bits per heavy atom. The number of carboxylic acid groups (broad SMARTS) is 1. The van der Waals surface area contributed by atoms with Crippen molar-refractivity contribution in [2.75, 3.05) is 6.61 Å². The van der Waals surface area contributed by atoms with Crippen LogP contribution in [-0.2, 0) is 9.53 Å². The smallest absolute Gasteiger partial charge is 0.332 e. The highest BCUT2D eigenvalue weighted by Gasteiger charge is 2.27. The predicted octanol–water partition coefficient (Wildman–Crippen LogP) is 0.496. The van der Waals surface area contributed by atoms with Crippen LogP contribution in [0.4, 0.5) is 0 Å². The second kappa shape index (κ2) is 2.35. The molecule has 2 atom stereocenters. The molecular weight excluding hydrogens is 120 g/mol. The van der Waals surface area contributed by atoms with Crippen LogP contribution in [0, 0.1) is 5.92 Å². The molecule has 0 saturated carbocycles. The van der Waals surface area contributed by atoms with Gasteiger partial charge < -0.3 is 9.84 Å². The van der Waals surface area contributed by atoms with E-state index in [2.05, 4.69) is 0 Å². The molecule has 1 N–H and O–H groups in total. The molecule has 3 nitrogen and oxygen atoms in total. The molecule has 1 rings (SSSR count). The van der Waals surface area contributed by atoms with Crippen molar-refractivity contribution < 1.29 is 14.6 Å². The minimum absolute atomic E-state index is 0.408. The van der Waals surface area contributed by atoms with Crippen molar-refractivity contribution in [2.24, 2.45) is 5.92 Å². The van der Waals surface area contributed by atoms with Crippen LogP contribution in [0.25, 0.3) is 0 Å². The Hall–Kier alpha value is -0.570. The summed E-state index contributed by atoms with van der Waals surface area (Å²) >= 11 is 0. The van der Waals surface area contributed by atoms with Gasteiger partial charge in [0.1, 0.15) is 0 Å². The third-order valence-electron chi connectivity index (χ3n) is 1.47.